The van der Waals surface area contributed by atoms with Gasteiger partial charge in [0.05, 0.1) is 11.0 Å². The average Bonchev–Trinajstić information content (AvgIpc) is 2.36. The Kier molecular flexibility index (Phi) is 6.54. The molecule has 0 spiro atoms. The van der Waals surface area contributed by atoms with Gasteiger partial charge in [-0.1, -0.05) is 56.4 Å². The summed E-state index contributed by atoms with van der Waals surface area (Å²) in [5.74, 6) is 0.288. The molecule has 0 aliphatic carbocycles. The molecule has 0 saturated heterocycles. The number of amides is 1. The maximum atomic E-state index is 12.2. The molecule has 122 valence electrons. The van der Waals surface area contributed by atoms with Gasteiger partial charge in [-0.05, 0) is 32.3 Å². The summed E-state index contributed by atoms with van der Waals surface area (Å²) in [6.07, 6.45) is 0. The topological polar surface area (TPSA) is 32.3 Å². The molecule has 22 heavy (non-hydrogen) atoms. The number of rotatable bonds is 5. The van der Waals surface area contributed by atoms with E-state index < -0.39 is 0 Å². The van der Waals surface area contributed by atoms with Crippen LogP contribution in [-0.2, 0) is 11.3 Å². The van der Waals surface area contributed by atoms with E-state index in [1.54, 1.807) is 6.92 Å². The number of hydrogen-bond acceptors (Lipinski definition) is 2. The number of carbonyl (C=O) groups excluding carboxylic acids is 1. The molecular weight excluding hydrogens is 292 g/mol. The second kappa shape index (κ2) is 7.73. The summed E-state index contributed by atoms with van der Waals surface area (Å²) in [5, 5.41) is 3.36. The third kappa shape index (κ3) is 5.76. The van der Waals surface area contributed by atoms with Gasteiger partial charge in [0.15, 0.2) is 0 Å². The van der Waals surface area contributed by atoms with Gasteiger partial charge >= 0.3 is 0 Å². The lowest BCUT2D eigenvalue weighted by Crippen LogP contribution is -2.54. The second-order valence-corrected chi connectivity index (χ2v) is 7.50. The summed E-state index contributed by atoms with van der Waals surface area (Å²) in [5.41, 5.74) is 1.00. The fraction of sp³-hybridized carbons (Fsp3) is 0.556. The van der Waals surface area contributed by atoms with Crippen LogP contribution in [0.2, 0.25) is 0 Å². The van der Waals surface area contributed by atoms with Crippen molar-refractivity contribution in [3.63, 3.8) is 0 Å². The van der Waals surface area contributed by atoms with Crippen molar-refractivity contribution in [3.8, 4) is 0 Å². The third-order valence-corrected chi connectivity index (χ3v) is 3.68. The first-order valence-corrected chi connectivity index (χ1v) is 8.16. The minimum atomic E-state index is -0.112. The Labute approximate surface area is 140 Å². The highest BCUT2D eigenvalue weighted by Crippen LogP contribution is 2.18. The van der Waals surface area contributed by atoms with Crippen molar-refractivity contribution in [3.05, 3.63) is 35.9 Å². The summed E-state index contributed by atoms with van der Waals surface area (Å²) in [4.78, 5) is 14.8. The molecule has 0 aliphatic rings. The Bertz CT molecular complexity index is 506. The molecule has 0 heterocycles. The molecule has 1 atom stereocenters. The van der Waals surface area contributed by atoms with E-state index in [0.29, 0.717) is 6.54 Å². The predicted octanol–water partition coefficient (Wildman–Crippen LogP) is 3.78. The van der Waals surface area contributed by atoms with E-state index in [0.717, 1.165) is 10.6 Å². The zero-order valence-electron chi connectivity index (χ0n) is 14.5. The van der Waals surface area contributed by atoms with Gasteiger partial charge in [-0.2, -0.15) is 0 Å². The fourth-order valence-electron chi connectivity index (χ4n) is 2.43. The Morgan fingerprint density at radius 1 is 1.23 bits per heavy atom. The molecule has 0 saturated carbocycles. The molecule has 1 rings (SSSR count). The lowest BCUT2D eigenvalue weighted by Gasteiger charge is -2.37. The molecule has 0 bridgehead atoms. The van der Waals surface area contributed by atoms with Gasteiger partial charge in [0, 0.05) is 19.0 Å². The quantitative estimate of drug-likeness (QED) is 0.838. The molecule has 0 unspecified atom stereocenters. The van der Waals surface area contributed by atoms with Crippen molar-refractivity contribution in [1.29, 1.82) is 0 Å². The molecular formula is C18H28N2OS. The predicted molar refractivity (Wildman–Crippen MR) is 96.8 cm³/mol. The van der Waals surface area contributed by atoms with Gasteiger partial charge in [0.1, 0.15) is 0 Å². The van der Waals surface area contributed by atoms with Crippen LogP contribution in [0.4, 0.5) is 0 Å². The van der Waals surface area contributed by atoms with Crippen LogP contribution in [0, 0.1) is 5.92 Å². The van der Waals surface area contributed by atoms with Gasteiger partial charge in [0.25, 0.3) is 0 Å². The smallest absolute Gasteiger partial charge is 0.220 e. The number of thiocarbonyl (C=S) groups is 1. The van der Waals surface area contributed by atoms with E-state index in [1.165, 1.54) is 0 Å². The zero-order chi connectivity index (χ0) is 16.9. The summed E-state index contributed by atoms with van der Waals surface area (Å²) in [7, 11) is 0. The molecule has 4 heteroatoms. The molecule has 1 N–H and O–H groups in total. The fourth-order valence-corrected chi connectivity index (χ4v) is 3.14. The molecule has 0 aliphatic heterocycles. The first-order valence-electron chi connectivity index (χ1n) is 7.75. The van der Waals surface area contributed by atoms with Crippen LogP contribution in [-0.4, -0.2) is 27.4 Å². The molecule has 0 radical (unpaired) electrons. The summed E-state index contributed by atoms with van der Waals surface area (Å²) in [6.45, 7) is 12.6. The van der Waals surface area contributed by atoms with Gasteiger partial charge in [0.2, 0.25) is 5.91 Å². The molecule has 0 aromatic heterocycles. The van der Waals surface area contributed by atoms with Crippen LogP contribution in [0.1, 0.15) is 47.1 Å². The van der Waals surface area contributed by atoms with Crippen LogP contribution in [0.3, 0.4) is 0 Å². The normalized spacial score (nSPS) is 12.9. The number of hydrogen-bond donors (Lipinski definition) is 1. The summed E-state index contributed by atoms with van der Waals surface area (Å²) >= 11 is 5.61. The first-order chi connectivity index (χ1) is 10.1. The minimum Gasteiger partial charge on any atom is -0.373 e. The molecule has 3 nitrogen and oxygen atoms in total. The van der Waals surface area contributed by atoms with Crippen molar-refractivity contribution >= 4 is 23.1 Å². The Hall–Kier alpha value is -1.42. The van der Waals surface area contributed by atoms with Gasteiger partial charge in [-0.3, -0.25) is 4.79 Å². The number of nitrogens with one attached hydrogen (secondary N) is 1. The first kappa shape index (κ1) is 18.6. The lowest BCUT2D eigenvalue weighted by atomic mass is 9.99. The van der Waals surface area contributed by atoms with Crippen molar-refractivity contribution in [2.45, 2.75) is 59.7 Å². The maximum Gasteiger partial charge on any atom is 0.220 e. The van der Waals surface area contributed by atoms with Gasteiger partial charge < -0.3 is 10.2 Å². The minimum absolute atomic E-state index is 0.0422. The van der Waals surface area contributed by atoms with Crippen LogP contribution in [0.5, 0.6) is 0 Å². The number of nitrogens with zero attached hydrogens (tertiary/aromatic N) is 1. The summed E-state index contributed by atoms with van der Waals surface area (Å²) in [6, 6.07) is 9.93. The van der Waals surface area contributed by atoms with E-state index in [-0.39, 0.29) is 23.4 Å². The Morgan fingerprint density at radius 3 is 2.18 bits per heavy atom. The SMILES string of the molecule is CC(=O)N(Cc1ccccc1)[C@@H](C(=S)NC(C)(C)C)C(C)C. The van der Waals surface area contributed by atoms with E-state index in [1.807, 2.05) is 35.2 Å². The largest absolute Gasteiger partial charge is 0.373 e. The molecule has 1 aromatic carbocycles. The zero-order valence-corrected chi connectivity index (χ0v) is 15.3. The highest BCUT2D eigenvalue weighted by molar-refractivity contribution is 7.80. The monoisotopic (exact) mass is 320 g/mol. The van der Waals surface area contributed by atoms with Gasteiger partial charge in [-0.25, -0.2) is 0 Å². The van der Waals surface area contributed by atoms with E-state index in [2.05, 4.69) is 39.9 Å². The lowest BCUT2D eigenvalue weighted by molar-refractivity contribution is -0.131. The standard InChI is InChI=1S/C18H28N2OS/c1-13(2)16(17(22)19-18(4,5)6)20(14(3)21)12-15-10-8-7-9-11-15/h7-11,13,16H,12H2,1-6H3,(H,19,22)/t16-/m1/s1. The van der Waals surface area contributed by atoms with Crippen LogP contribution in [0.15, 0.2) is 30.3 Å². The summed E-state index contributed by atoms with van der Waals surface area (Å²) < 4.78 is 0. The van der Waals surface area contributed by atoms with Crippen molar-refractivity contribution in [2.24, 2.45) is 5.92 Å². The maximum absolute atomic E-state index is 12.2. The van der Waals surface area contributed by atoms with E-state index in [9.17, 15) is 4.79 Å². The Balaban J connectivity index is 3.02. The number of benzene rings is 1. The van der Waals surface area contributed by atoms with Crippen molar-refractivity contribution in [1.82, 2.24) is 10.2 Å². The van der Waals surface area contributed by atoms with Crippen LogP contribution >= 0.6 is 12.2 Å². The molecule has 1 aromatic rings. The third-order valence-electron chi connectivity index (χ3n) is 3.33. The molecule has 0 fully saturated rings. The van der Waals surface area contributed by atoms with Gasteiger partial charge in [-0.15, -0.1) is 0 Å². The highest BCUT2D eigenvalue weighted by Gasteiger charge is 2.29. The number of carbonyl (C=O) groups is 1. The van der Waals surface area contributed by atoms with E-state index in [4.69, 9.17) is 12.2 Å². The molecule has 1 amide bonds. The van der Waals surface area contributed by atoms with Crippen LogP contribution in [0.25, 0.3) is 0 Å². The highest BCUT2D eigenvalue weighted by atomic mass is 32.1. The van der Waals surface area contributed by atoms with Crippen LogP contribution < -0.4 is 5.32 Å². The second-order valence-electron chi connectivity index (χ2n) is 7.06. The Morgan fingerprint density at radius 2 is 1.77 bits per heavy atom. The van der Waals surface area contributed by atoms with E-state index >= 15 is 0 Å². The average molecular weight is 321 g/mol. The van der Waals surface area contributed by atoms with Crippen molar-refractivity contribution in [2.75, 3.05) is 0 Å². The van der Waals surface area contributed by atoms with Crippen molar-refractivity contribution < 1.29 is 4.79 Å².